The van der Waals surface area contributed by atoms with Crippen molar-refractivity contribution in [3.8, 4) is 0 Å². The summed E-state index contributed by atoms with van der Waals surface area (Å²) in [6.07, 6.45) is -11.2. The molecule has 0 unspecified atom stereocenters. The monoisotopic (exact) mass is 1590 g/mol. The maximum absolute atomic E-state index is 13.8. The van der Waals surface area contributed by atoms with E-state index < -0.39 is 240 Å². The van der Waals surface area contributed by atoms with Gasteiger partial charge >= 0.3 is 11.9 Å². The Morgan fingerprint density at radius 2 is 0.945 bits per heavy atom. The molecule has 0 radical (unpaired) electrons. The number of carboxylic acid groups (broad SMARTS) is 2. The van der Waals surface area contributed by atoms with Gasteiger partial charge < -0.3 is 150 Å². The number of unbranched alkanes of at least 4 members (excludes halogenated alkanes) is 28. The van der Waals surface area contributed by atoms with E-state index in [2.05, 4.69) is 29.8 Å². The Morgan fingerprint density at radius 1 is 0.500 bits per heavy atom. The van der Waals surface area contributed by atoms with Gasteiger partial charge in [0, 0.05) is 26.9 Å². The van der Waals surface area contributed by atoms with E-state index in [4.69, 9.17) is 42.6 Å². The average molecular weight is 1590 g/mol. The van der Waals surface area contributed by atoms with E-state index in [1.54, 1.807) is 0 Å². The number of nitrogens with one attached hydrogen (secondary N) is 3. The van der Waals surface area contributed by atoms with Gasteiger partial charge in [-0.1, -0.05) is 206 Å². The lowest BCUT2D eigenvalue weighted by atomic mass is 9.88. The van der Waals surface area contributed by atoms with Crippen molar-refractivity contribution < 1.29 is 159 Å². The van der Waals surface area contributed by atoms with Crippen LogP contribution in [0, 0.1) is 0 Å². The Bertz CT molecular complexity index is 2540. The van der Waals surface area contributed by atoms with Gasteiger partial charge in [-0.2, -0.15) is 0 Å². The summed E-state index contributed by atoms with van der Waals surface area (Å²) in [6, 6.07) is -5.10. The summed E-state index contributed by atoms with van der Waals surface area (Å²) in [5.41, 5.74) is 0. The van der Waals surface area contributed by atoms with Crippen LogP contribution in [0.5, 0.6) is 0 Å². The van der Waals surface area contributed by atoms with Gasteiger partial charge in [0.2, 0.25) is 17.7 Å². The number of aliphatic carboxylic acids is 2. The molecule has 0 aromatic carbocycles. The molecule has 4 aliphatic rings. The molecule has 26 atom stereocenters. The van der Waals surface area contributed by atoms with Gasteiger partial charge in [-0.05, 0) is 12.8 Å². The van der Waals surface area contributed by atoms with E-state index in [0.29, 0.717) is 12.8 Å². The van der Waals surface area contributed by atoms with Crippen LogP contribution in [-0.2, 0) is 66.6 Å². The number of aliphatic hydroxyl groups is 16. The first-order valence-corrected chi connectivity index (χ1v) is 40.3. The topological polar surface area (TPSA) is 569 Å². The first kappa shape index (κ1) is 98.7. The molecule has 110 heavy (non-hydrogen) atoms. The summed E-state index contributed by atoms with van der Waals surface area (Å²) in [7, 11) is 1.06. The Hall–Kier alpha value is -3.65. The third kappa shape index (κ3) is 31.4. The van der Waals surface area contributed by atoms with E-state index in [1.807, 2.05) is 0 Å². The second-order valence-corrected chi connectivity index (χ2v) is 30.2. The number of ether oxygens (including phenoxy) is 9. The zero-order valence-corrected chi connectivity index (χ0v) is 64.9. The van der Waals surface area contributed by atoms with Crippen molar-refractivity contribution in [2.75, 3.05) is 46.8 Å². The van der Waals surface area contributed by atoms with Crippen LogP contribution in [0.2, 0.25) is 0 Å². The second-order valence-electron chi connectivity index (χ2n) is 30.2. The third-order valence-electron chi connectivity index (χ3n) is 21.4. The number of amides is 3. The van der Waals surface area contributed by atoms with Gasteiger partial charge in [0.1, 0.15) is 104 Å². The first-order chi connectivity index (χ1) is 52.6. The Balaban J connectivity index is 1.45. The maximum Gasteiger partial charge on any atom is 0.364 e. The molecule has 0 aliphatic carbocycles. The lowest BCUT2D eigenvalue weighted by Gasteiger charge is -2.50. The van der Waals surface area contributed by atoms with Crippen molar-refractivity contribution in [2.24, 2.45) is 0 Å². The van der Waals surface area contributed by atoms with Crippen molar-refractivity contribution in [3.05, 3.63) is 0 Å². The minimum atomic E-state index is -3.39. The van der Waals surface area contributed by atoms with Gasteiger partial charge in [-0.3, -0.25) is 14.4 Å². The number of aliphatic hydroxyl groups excluding tert-OH is 16. The number of methoxy groups -OCH3 is 1. The predicted molar refractivity (Wildman–Crippen MR) is 390 cm³/mol. The minimum Gasteiger partial charge on any atom is -0.477 e. The quantitative estimate of drug-likeness (QED) is 0.0347. The van der Waals surface area contributed by atoms with Gasteiger partial charge in [0.25, 0.3) is 11.6 Å². The molecule has 4 fully saturated rings. The molecule has 4 saturated heterocycles. The van der Waals surface area contributed by atoms with Crippen LogP contribution in [0.25, 0.3) is 0 Å². The number of carbonyl (C=O) groups is 5. The molecule has 0 aromatic heterocycles. The van der Waals surface area contributed by atoms with Crippen LogP contribution in [0.3, 0.4) is 0 Å². The average Bonchev–Trinajstić information content (AvgIpc) is 0.757. The molecule has 0 bridgehead atoms. The molecule has 3 amide bonds. The number of rotatable bonds is 59. The number of hydrogen-bond acceptors (Lipinski definition) is 30. The van der Waals surface area contributed by atoms with E-state index in [-0.39, 0.29) is 12.8 Å². The summed E-state index contributed by atoms with van der Waals surface area (Å²) in [5.74, 6) is -13.7. The highest BCUT2D eigenvalue weighted by Crippen LogP contribution is 2.40. The van der Waals surface area contributed by atoms with Crippen LogP contribution >= 0.6 is 0 Å². The lowest BCUT2D eigenvalue weighted by molar-refractivity contribution is -0.386. The molecule has 0 saturated carbocycles. The summed E-state index contributed by atoms with van der Waals surface area (Å²) >= 11 is 0. The van der Waals surface area contributed by atoms with Gasteiger partial charge in [-0.15, -0.1) is 0 Å². The third-order valence-corrected chi connectivity index (χ3v) is 21.4. The molecule has 4 rings (SSSR count). The first-order valence-electron chi connectivity index (χ1n) is 40.3. The molecule has 35 nitrogen and oxygen atoms in total. The van der Waals surface area contributed by atoms with Crippen LogP contribution < -0.4 is 16.0 Å². The molecular formula is C75H137N3O32. The fourth-order valence-electron chi connectivity index (χ4n) is 14.7. The number of carboxylic acids is 2. The summed E-state index contributed by atoms with van der Waals surface area (Å²) in [6.45, 7) is -1.06. The number of carbonyl (C=O) groups excluding carboxylic acids is 3. The fraction of sp³-hybridized carbons (Fsp3) is 0.933. The van der Waals surface area contributed by atoms with Crippen molar-refractivity contribution in [1.82, 2.24) is 16.0 Å². The van der Waals surface area contributed by atoms with Crippen LogP contribution in [0.15, 0.2) is 0 Å². The Kier molecular flexibility index (Phi) is 47.4. The van der Waals surface area contributed by atoms with Crippen LogP contribution in [0.4, 0.5) is 0 Å². The molecular weight excluding hydrogens is 1450 g/mol. The molecule has 21 N–H and O–H groups in total. The second kappa shape index (κ2) is 52.8. The van der Waals surface area contributed by atoms with Gasteiger partial charge in [0.05, 0.1) is 69.5 Å². The van der Waals surface area contributed by atoms with Crippen molar-refractivity contribution in [2.45, 2.75) is 397 Å². The highest BCUT2D eigenvalue weighted by Gasteiger charge is 2.61. The normalized spacial score (nSPS) is 30.8. The zero-order chi connectivity index (χ0) is 81.5. The van der Waals surface area contributed by atoms with E-state index in [1.165, 1.54) is 116 Å². The largest absolute Gasteiger partial charge is 0.477 e. The molecule has 0 aromatic rings. The van der Waals surface area contributed by atoms with E-state index >= 15 is 0 Å². The highest BCUT2D eigenvalue weighted by molar-refractivity contribution is 5.81. The van der Waals surface area contributed by atoms with E-state index in [0.717, 1.165) is 78.2 Å². The molecule has 4 aliphatic heterocycles. The number of hydrogen-bond donors (Lipinski definition) is 21. The highest BCUT2D eigenvalue weighted by atomic mass is 16.8. The van der Waals surface area contributed by atoms with Crippen molar-refractivity contribution in [3.63, 3.8) is 0 Å². The van der Waals surface area contributed by atoms with Crippen molar-refractivity contribution in [1.29, 1.82) is 0 Å². The molecule has 0 spiro atoms. The molecule has 4 heterocycles. The van der Waals surface area contributed by atoms with Gasteiger partial charge in [-0.25, -0.2) is 9.59 Å². The lowest BCUT2D eigenvalue weighted by Crippen LogP contribution is -2.71. The van der Waals surface area contributed by atoms with Crippen LogP contribution in [0.1, 0.15) is 239 Å². The zero-order valence-electron chi connectivity index (χ0n) is 64.9. The Morgan fingerprint density at radius 3 is 1.40 bits per heavy atom. The minimum absolute atomic E-state index is 0.0897. The summed E-state index contributed by atoms with van der Waals surface area (Å²) < 4.78 is 50.9. The predicted octanol–water partition coefficient (Wildman–Crippen LogP) is -0.308. The standard InChI is InChI=1S/C75H137N3O32/c1-5-7-9-11-13-15-17-18-19-20-21-22-23-24-26-28-30-32-34-36-48(85)69(97)77-46(58(90)47(84)35-33-31-29-27-25-16-14-12-10-8-6-2)43-103-70-63(95)62(94)65(54(42-82)106-70)107-71-64(96)68(61(93)53(41-81)105-71)110-75(73(100)101)38-50(87)57(66(109-75)59(91)51(88)39-79)78-55(89)44-104-74(72(98)99)37-49(86)56(76-45(3)83)67(108-74)60(92)52(40-80)102-4/h46-54,56-68,70-71,79-82,84-88,90-96H,5-44H2,1-4H3,(H,76,83)(H,77,97)(H,78,89)(H,98,99)(H,100,101)/t46-,47+,48+,49-,50-,51+,52+,53+,54+,56+,57+,58-,59+,60+,61-,62+,63+,64+,65+,66+,67+,68-,70+,71-,74+,75-/m0/s1. The van der Waals surface area contributed by atoms with Gasteiger partial charge in [0.15, 0.2) is 12.6 Å². The summed E-state index contributed by atoms with van der Waals surface area (Å²) in [5, 5.41) is 206. The molecule has 644 valence electrons. The van der Waals surface area contributed by atoms with Crippen LogP contribution in [-0.4, -0.2) is 327 Å². The Labute approximate surface area is 645 Å². The smallest absolute Gasteiger partial charge is 0.364 e. The van der Waals surface area contributed by atoms with Crippen molar-refractivity contribution >= 4 is 29.7 Å². The molecule has 35 heteroatoms. The summed E-state index contributed by atoms with van der Waals surface area (Å²) in [4.78, 5) is 65.9. The fourth-order valence-corrected chi connectivity index (χ4v) is 14.7. The SMILES string of the molecule is CCCCCCCCCCCCCCCCCCCCC[C@@H](O)C(=O)N[C@@H](CO[C@@H]1O[C@H](CO)[C@@H](O[C@@H]2O[C@H](CO)[C@H](O)[C@H](O[C@]3(C(=O)O)C[C@H](O)[C@@H](NC(=O)CO[C@]4(C(=O)O)C[C@H](O)[C@@H](NC(C)=O)[C@H]([C@H](O)[C@@H](CO)OC)O4)[C@H]([C@H](O)[C@H](O)CO)O3)[C@H]2O)[C@H](O)[C@H]1O)[C@H](O)[C@H](O)CCCCCCCCCCCCC. The van der Waals surface area contributed by atoms with E-state index in [9.17, 15) is 116 Å². The maximum atomic E-state index is 13.8.